The number of ether oxygens (including phenoxy) is 1. The monoisotopic (exact) mass is 520 g/mol. The van der Waals surface area contributed by atoms with E-state index in [0.717, 1.165) is 11.3 Å². The van der Waals surface area contributed by atoms with Crippen molar-refractivity contribution in [2.75, 3.05) is 25.0 Å². The van der Waals surface area contributed by atoms with Crippen molar-refractivity contribution in [2.45, 2.75) is 38.6 Å². The van der Waals surface area contributed by atoms with Gasteiger partial charge in [-0.05, 0) is 35.6 Å². The van der Waals surface area contributed by atoms with Crippen LogP contribution < -0.4 is 10.6 Å². The molecule has 1 aromatic carbocycles. The average molecular weight is 521 g/mol. The number of anilines is 1. The van der Waals surface area contributed by atoms with E-state index in [1.54, 1.807) is 39.1 Å². The lowest BCUT2D eigenvalue weighted by molar-refractivity contribution is -0.150. The van der Waals surface area contributed by atoms with Crippen LogP contribution in [0.2, 0.25) is 0 Å². The number of nitrogens with one attached hydrogen (secondary N) is 2. The molecule has 0 saturated carbocycles. The van der Waals surface area contributed by atoms with Gasteiger partial charge in [0, 0.05) is 18.7 Å². The molecule has 2 aromatic rings. The lowest BCUT2D eigenvalue weighted by Gasteiger charge is -2.21. The number of hydrogen-bond acceptors (Lipinski definition) is 8. The number of benzene rings is 1. The molecule has 0 aliphatic heterocycles. The highest BCUT2D eigenvalue weighted by atomic mass is 32.2. The fraction of sp³-hybridized carbons (Fsp3) is 0.391. The Morgan fingerprint density at radius 3 is 2.46 bits per heavy atom. The zero-order valence-electron chi connectivity index (χ0n) is 19.9. The molecule has 1 heterocycles. The van der Waals surface area contributed by atoms with E-state index in [2.05, 4.69) is 10.6 Å². The SMILES string of the molecule is CCN(CC)S(=O)(=O)c1cccc(C(=O)NC(C(=O)OCC(=O)Nc2sccc2C#N)C(C)C)c1. The third kappa shape index (κ3) is 7.11. The number of nitrogens with zero attached hydrogens (tertiary/aromatic N) is 2. The van der Waals surface area contributed by atoms with Gasteiger partial charge in [-0.15, -0.1) is 11.3 Å². The van der Waals surface area contributed by atoms with E-state index in [4.69, 9.17) is 10.00 Å². The molecule has 1 unspecified atom stereocenters. The summed E-state index contributed by atoms with van der Waals surface area (Å²) < 4.78 is 31.9. The number of hydrogen-bond donors (Lipinski definition) is 2. The summed E-state index contributed by atoms with van der Waals surface area (Å²) in [5.41, 5.74) is 0.364. The highest BCUT2D eigenvalue weighted by Gasteiger charge is 2.28. The summed E-state index contributed by atoms with van der Waals surface area (Å²) in [6.45, 7) is 6.80. The van der Waals surface area contributed by atoms with Gasteiger partial charge in [-0.1, -0.05) is 33.8 Å². The van der Waals surface area contributed by atoms with Gasteiger partial charge in [0.2, 0.25) is 10.0 Å². The summed E-state index contributed by atoms with van der Waals surface area (Å²) >= 11 is 1.16. The Morgan fingerprint density at radius 1 is 1.17 bits per heavy atom. The molecule has 2 amide bonds. The van der Waals surface area contributed by atoms with E-state index in [0.29, 0.717) is 10.6 Å². The largest absolute Gasteiger partial charge is 0.454 e. The molecule has 0 radical (unpaired) electrons. The molecule has 188 valence electrons. The average Bonchev–Trinajstić information content (AvgIpc) is 3.28. The molecule has 12 heteroatoms. The summed E-state index contributed by atoms with van der Waals surface area (Å²) in [7, 11) is -3.77. The quantitative estimate of drug-likeness (QED) is 0.433. The van der Waals surface area contributed by atoms with Crippen molar-refractivity contribution >= 4 is 44.1 Å². The van der Waals surface area contributed by atoms with Gasteiger partial charge in [0.25, 0.3) is 11.8 Å². The van der Waals surface area contributed by atoms with Crippen molar-refractivity contribution in [2.24, 2.45) is 5.92 Å². The molecular formula is C23H28N4O6S2. The van der Waals surface area contributed by atoms with Crippen molar-refractivity contribution in [1.29, 1.82) is 5.26 Å². The van der Waals surface area contributed by atoms with E-state index in [1.165, 1.54) is 28.6 Å². The number of esters is 1. The minimum absolute atomic E-state index is 0.0282. The van der Waals surface area contributed by atoms with Gasteiger partial charge in [-0.3, -0.25) is 9.59 Å². The van der Waals surface area contributed by atoms with Crippen LogP contribution in [0.15, 0.2) is 40.6 Å². The molecule has 0 aliphatic carbocycles. The van der Waals surface area contributed by atoms with Crippen LogP contribution in [0.4, 0.5) is 5.00 Å². The highest BCUT2D eigenvalue weighted by molar-refractivity contribution is 7.89. The number of rotatable bonds is 11. The van der Waals surface area contributed by atoms with Crippen LogP contribution in [-0.2, 0) is 24.3 Å². The Balaban J connectivity index is 2.08. The van der Waals surface area contributed by atoms with Crippen molar-refractivity contribution in [3.05, 3.63) is 46.8 Å². The van der Waals surface area contributed by atoms with Crippen LogP contribution in [0.5, 0.6) is 0 Å². The Hall–Kier alpha value is -3.27. The van der Waals surface area contributed by atoms with Gasteiger partial charge in [-0.2, -0.15) is 9.57 Å². The molecule has 1 aromatic heterocycles. The van der Waals surface area contributed by atoms with Crippen LogP contribution in [0.3, 0.4) is 0 Å². The molecule has 10 nitrogen and oxygen atoms in total. The second-order valence-electron chi connectivity index (χ2n) is 7.74. The lowest BCUT2D eigenvalue weighted by atomic mass is 10.0. The van der Waals surface area contributed by atoms with E-state index >= 15 is 0 Å². The molecular weight excluding hydrogens is 492 g/mol. The fourth-order valence-electron chi connectivity index (χ4n) is 3.12. The van der Waals surface area contributed by atoms with Crippen LogP contribution >= 0.6 is 11.3 Å². The van der Waals surface area contributed by atoms with Crippen LogP contribution in [0.25, 0.3) is 0 Å². The molecule has 2 rings (SSSR count). The minimum Gasteiger partial charge on any atom is -0.454 e. The molecule has 2 N–H and O–H groups in total. The molecule has 0 saturated heterocycles. The first kappa shape index (κ1) is 28.0. The Bertz CT molecular complexity index is 1210. The second kappa shape index (κ2) is 12.4. The highest BCUT2D eigenvalue weighted by Crippen LogP contribution is 2.22. The van der Waals surface area contributed by atoms with Gasteiger partial charge in [0.1, 0.15) is 17.1 Å². The van der Waals surface area contributed by atoms with E-state index in [1.807, 2.05) is 6.07 Å². The number of nitriles is 1. The van der Waals surface area contributed by atoms with Crippen molar-refractivity contribution < 1.29 is 27.5 Å². The molecule has 0 aliphatic rings. The maximum absolute atomic E-state index is 12.8. The second-order valence-corrected chi connectivity index (χ2v) is 10.6. The third-order valence-electron chi connectivity index (χ3n) is 5.03. The Kier molecular flexibility index (Phi) is 9.94. The van der Waals surface area contributed by atoms with E-state index < -0.39 is 40.5 Å². The molecule has 0 fully saturated rings. The fourth-order valence-corrected chi connectivity index (χ4v) is 5.37. The number of carbonyl (C=O) groups is 3. The summed E-state index contributed by atoms with van der Waals surface area (Å²) in [5, 5.41) is 16.1. The van der Waals surface area contributed by atoms with Crippen molar-refractivity contribution in [3.63, 3.8) is 0 Å². The first-order valence-corrected chi connectivity index (χ1v) is 13.2. The van der Waals surface area contributed by atoms with Crippen LogP contribution in [0, 0.1) is 17.2 Å². The molecule has 35 heavy (non-hydrogen) atoms. The summed E-state index contributed by atoms with van der Waals surface area (Å²) in [5.74, 6) is -2.47. The number of sulfonamides is 1. The summed E-state index contributed by atoms with van der Waals surface area (Å²) in [6, 6.07) is 7.99. The Labute approximate surface area is 208 Å². The van der Waals surface area contributed by atoms with Gasteiger partial charge in [0.05, 0.1) is 10.5 Å². The number of amides is 2. The maximum atomic E-state index is 12.8. The molecule has 0 bridgehead atoms. The third-order valence-corrected chi connectivity index (χ3v) is 7.91. The van der Waals surface area contributed by atoms with E-state index in [9.17, 15) is 22.8 Å². The number of thiophene rings is 1. The maximum Gasteiger partial charge on any atom is 0.329 e. The predicted molar refractivity (Wildman–Crippen MR) is 131 cm³/mol. The van der Waals surface area contributed by atoms with Crippen molar-refractivity contribution in [3.8, 4) is 6.07 Å². The van der Waals surface area contributed by atoms with Crippen LogP contribution in [0.1, 0.15) is 43.6 Å². The lowest BCUT2D eigenvalue weighted by Crippen LogP contribution is -2.46. The summed E-state index contributed by atoms with van der Waals surface area (Å²) in [6.07, 6.45) is 0. The standard InChI is InChI=1S/C23H28N4O6S2/c1-5-27(6-2)35(31,32)18-9-7-8-16(12-18)21(29)26-20(15(3)4)23(30)33-14-19(28)25-22-17(13-24)10-11-34-22/h7-12,15,20H,5-6,14H2,1-4H3,(H,25,28)(H,26,29). The zero-order valence-corrected chi connectivity index (χ0v) is 21.5. The van der Waals surface area contributed by atoms with E-state index in [-0.39, 0.29) is 29.5 Å². The van der Waals surface area contributed by atoms with Gasteiger partial charge < -0.3 is 15.4 Å². The van der Waals surface area contributed by atoms with Gasteiger partial charge in [0.15, 0.2) is 6.61 Å². The predicted octanol–water partition coefficient (Wildman–Crippen LogP) is 2.59. The Morgan fingerprint density at radius 2 is 1.86 bits per heavy atom. The zero-order chi connectivity index (χ0) is 26.2. The molecule has 1 atom stereocenters. The first-order chi connectivity index (χ1) is 16.5. The normalized spacial score (nSPS) is 12.1. The first-order valence-electron chi connectivity index (χ1n) is 10.9. The summed E-state index contributed by atoms with van der Waals surface area (Å²) in [4.78, 5) is 37.5. The smallest absolute Gasteiger partial charge is 0.329 e. The molecule has 0 spiro atoms. The van der Waals surface area contributed by atoms with Crippen molar-refractivity contribution in [1.82, 2.24) is 9.62 Å². The van der Waals surface area contributed by atoms with Gasteiger partial charge >= 0.3 is 5.97 Å². The number of carbonyl (C=O) groups excluding carboxylic acids is 3. The van der Waals surface area contributed by atoms with Gasteiger partial charge in [-0.25, -0.2) is 13.2 Å². The minimum atomic E-state index is -3.77. The van der Waals surface area contributed by atoms with Crippen LogP contribution in [-0.4, -0.2) is 56.2 Å². The topological polar surface area (TPSA) is 146 Å².